The second kappa shape index (κ2) is 6.61. The average molecular weight is 170 g/mol. The van der Waals surface area contributed by atoms with Gasteiger partial charge in [0.05, 0.1) is 6.61 Å². The molecule has 12 heavy (non-hydrogen) atoms. The van der Waals surface area contributed by atoms with Crippen LogP contribution in [0.4, 0.5) is 0 Å². The first-order chi connectivity index (χ1) is 5.72. The fourth-order valence-electron chi connectivity index (χ4n) is 0.458. The first-order valence-electron chi connectivity index (χ1n) is 3.71. The summed E-state index contributed by atoms with van der Waals surface area (Å²) in [7, 11) is 0. The van der Waals surface area contributed by atoms with Crippen molar-refractivity contribution in [2.24, 2.45) is 0 Å². The molecular formula is C9H14O3. The van der Waals surface area contributed by atoms with Crippen molar-refractivity contribution in [2.75, 3.05) is 13.4 Å². The van der Waals surface area contributed by atoms with Crippen LogP contribution in [0, 0.1) is 0 Å². The Morgan fingerprint density at radius 3 is 2.75 bits per heavy atom. The van der Waals surface area contributed by atoms with Crippen LogP contribution in [0.3, 0.4) is 0 Å². The van der Waals surface area contributed by atoms with E-state index in [2.05, 4.69) is 6.58 Å². The minimum atomic E-state index is -0.346. The molecule has 0 spiro atoms. The maximum atomic E-state index is 10.9. The summed E-state index contributed by atoms with van der Waals surface area (Å²) in [6.45, 7) is 7.29. The van der Waals surface area contributed by atoms with Gasteiger partial charge in [-0.15, -0.1) is 6.58 Å². The minimum Gasteiger partial charge on any atom is -0.435 e. The van der Waals surface area contributed by atoms with Crippen molar-refractivity contribution < 1.29 is 14.3 Å². The molecule has 0 rings (SSSR count). The number of hydrogen-bond donors (Lipinski definition) is 0. The molecule has 68 valence electrons. The maximum Gasteiger partial charge on any atom is 0.335 e. The van der Waals surface area contributed by atoms with Crippen LogP contribution in [0.25, 0.3) is 0 Å². The van der Waals surface area contributed by atoms with Crippen molar-refractivity contribution in [2.45, 2.75) is 13.8 Å². The second-order valence-electron chi connectivity index (χ2n) is 2.18. The molecule has 0 saturated heterocycles. The molecule has 0 aromatic carbocycles. The van der Waals surface area contributed by atoms with Crippen LogP contribution in [-0.4, -0.2) is 19.4 Å². The van der Waals surface area contributed by atoms with Gasteiger partial charge >= 0.3 is 5.97 Å². The Morgan fingerprint density at radius 2 is 2.25 bits per heavy atom. The third-order valence-corrected chi connectivity index (χ3v) is 1.26. The number of rotatable bonds is 5. The summed E-state index contributed by atoms with van der Waals surface area (Å²) >= 11 is 0. The number of carbonyl (C=O) groups is 1. The standard InChI is InChI=1S/C9H14O3/c1-4-6-11-7-12-9(10)8(3)5-2/h4-5H,1,6-7H2,2-3H3/b8-5+. The molecule has 0 aromatic rings. The van der Waals surface area contributed by atoms with Gasteiger partial charge in [-0.2, -0.15) is 0 Å². The van der Waals surface area contributed by atoms with Crippen molar-refractivity contribution in [1.29, 1.82) is 0 Å². The van der Waals surface area contributed by atoms with Gasteiger partial charge in [0, 0.05) is 5.57 Å². The molecule has 0 aliphatic rings. The minimum absolute atomic E-state index is 0.0178. The van der Waals surface area contributed by atoms with E-state index in [0.29, 0.717) is 12.2 Å². The topological polar surface area (TPSA) is 35.5 Å². The van der Waals surface area contributed by atoms with E-state index in [4.69, 9.17) is 9.47 Å². The molecule has 0 fully saturated rings. The van der Waals surface area contributed by atoms with Crippen molar-refractivity contribution >= 4 is 5.97 Å². The van der Waals surface area contributed by atoms with Gasteiger partial charge in [0.1, 0.15) is 0 Å². The first-order valence-corrected chi connectivity index (χ1v) is 3.71. The van der Waals surface area contributed by atoms with Crippen LogP contribution in [0.15, 0.2) is 24.3 Å². The SMILES string of the molecule is C=CCOCOC(=O)/C(C)=C/C. The molecule has 0 bridgehead atoms. The van der Waals surface area contributed by atoms with E-state index < -0.39 is 0 Å². The first kappa shape index (κ1) is 10.9. The molecule has 3 heteroatoms. The number of esters is 1. The predicted octanol–water partition coefficient (Wildman–Crippen LogP) is 1.66. The summed E-state index contributed by atoms with van der Waals surface area (Å²) in [6, 6.07) is 0. The van der Waals surface area contributed by atoms with E-state index in [-0.39, 0.29) is 12.8 Å². The van der Waals surface area contributed by atoms with E-state index in [9.17, 15) is 4.79 Å². The average Bonchev–Trinajstić information content (AvgIpc) is 2.10. The van der Waals surface area contributed by atoms with E-state index in [0.717, 1.165) is 0 Å². The van der Waals surface area contributed by atoms with Crippen molar-refractivity contribution in [3.63, 3.8) is 0 Å². The van der Waals surface area contributed by atoms with Crippen LogP contribution >= 0.6 is 0 Å². The molecule has 0 aliphatic carbocycles. The van der Waals surface area contributed by atoms with Crippen molar-refractivity contribution in [1.82, 2.24) is 0 Å². The van der Waals surface area contributed by atoms with Gasteiger partial charge < -0.3 is 9.47 Å². The van der Waals surface area contributed by atoms with Crippen LogP contribution in [0.1, 0.15) is 13.8 Å². The molecule has 0 saturated carbocycles. The van der Waals surface area contributed by atoms with Crippen molar-refractivity contribution in [3.05, 3.63) is 24.3 Å². The molecule has 0 radical (unpaired) electrons. The largest absolute Gasteiger partial charge is 0.435 e. The van der Waals surface area contributed by atoms with Gasteiger partial charge in [-0.1, -0.05) is 12.2 Å². The van der Waals surface area contributed by atoms with Crippen LogP contribution in [0.5, 0.6) is 0 Å². The number of allylic oxidation sites excluding steroid dienone is 1. The molecule has 3 nitrogen and oxygen atoms in total. The third-order valence-electron chi connectivity index (χ3n) is 1.26. The Bertz CT molecular complexity index is 182. The smallest absolute Gasteiger partial charge is 0.335 e. The Morgan fingerprint density at radius 1 is 1.58 bits per heavy atom. The van der Waals surface area contributed by atoms with E-state index in [1.54, 1.807) is 26.0 Å². The number of ether oxygens (including phenoxy) is 2. The Kier molecular flexibility index (Phi) is 6.01. The highest BCUT2D eigenvalue weighted by molar-refractivity contribution is 5.87. The molecule has 0 atom stereocenters. The highest BCUT2D eigenvalue weighted by Gasteiger charge is 2.02. The lowest BCUT2D eigenvalue weighted by atomic mass is 10.3. The zero-order valence-electron chi connectivity index (χ0n) is 7.50. The molecule has 0 N–H and O–H groups in total. The van der Waals surface area contributed by atoms with Gasteiger partial charge in [-0.3, -0.25) is 0 Å². The summed E-state index contributed by atoms with van der Waals surface area (Å²) in [4.78, 5) is 10.9. The monoisotopic (exact) mass is 170 g/mol. The normalized spacial score (nSPS) is 11.0. The third kappa shape index (κ3) is 4.68. The van der Waals surface area contributed by atoms with Gasteiger partial charge in [0.15, 0.2) is 6.79 Å². The molecule has 0 amide bonds. The summed E-state index contributed by atoms with van der Waals surface area (Å²) in [5.74, 6) is -0.346. The molecular weight excluding hydrogens is 156 g/mol. The van der Waals surface area contributed by atoms with E-state index >= 15 is 0 Å². The molecule has 0 aliphatic heterocycles. The maximum absolute atomic E-state index is 10.9. The molecule has 0 unspecified atom stereocenters. The van der Waals surface area contributed by atoms with Crippen LogP contribution in [0.2, 0.25) is 0 Å². The molecule has 0 aromatic heterocycles. The Labute approximate surface area is 72.7 Å². The highest BCUT2D eigenvalue weighted by Crippen LogP contribution is 1.95. The second-order valence-corrected chi connectivity index (χ2v) is 2.18. The van der Waals surface area contributed by atoms with Crippen LogP contribution < -0.4 is 0 Å². The van der Waals surface area contributed by atoms with E-state index in [1.807, 2.05) is 0 Å². The Hall–Kier alpha value is -1.09. The lowest BCUT2D eigenvalue weighted by Crippen LogP contribution is -2.09. The highest BCUT2D eigenvalue weighted by atomic mass is 16.7. The van der Waals surface area contributed by atoms with Crippen LogP contribution in [-0.2, 0) is 14.3 Å². The lowest BCUT2D eigenvalue weighted by molar-refractivity contribution is -0.150. The summed E-state index contributed by atoms with van der Waals surface area (Å²) in [5.41, 5.74) is 0.581. The van der Waals surface area contributed by atoms with E-state index in [1.165, 1.54) is 0 Å². The number of hydrogen-bond acceptors (Lipinski definition) is 3. The molecule has 0 heterocycles. The van der Waals surface area contributed by atoms with Crippen molar-refractivity contribution in [3.8, 4) is 0 Å². The number of carbonyl (C=O) groups excluding carboxylic acids is 1. The lowest BCUT2D eigenvalue weighted by Gasteiger charge is -2.03. The van der Waals surface area contributed by atoms with Gasteiger partial charge in [-0.05, 0) is 13.8 Å². The van der Waals surface area contributed by atoms with Gasteiger partial charge in [0.25, 0.3) is 0 Å². The fourth-order valence-corrected chi connectivity index (χ4v) is 0.458. The zero-order chi connectivity index (χ0) is 9.40. The summed E-state index contributed by atoms with van der Waals surface area (Å²) < 4.78 is 9.58. The quantitative estimate of drug-likeness (QED) is 0.207. The zero-order valence-corrected chi connectivity index (χ0v) is 7.50. The summed E-state index contributed by atoms with van der Waals surface area (Å²) in [6.07, 6.45) is 3.28. The predicted molar refractivity (Wildman–Crippen MR) is 46.5 cm³/mol. The summed E-state index contributed by atoms with van der Waals surface area (Å²) in [5, 5.41) is 0. The van der Waals surface area contributed by atoms with Gasteiger partial charge in [-0.25, -0.2) is 4.79 Å². The Balaban J connectivity index is 3.51. The fraction of sp³-hybridized carbons (Fsp3) is 0.444. The van der Waals surface area contributed by atoms with Gasteiger partial charge in [0.2, 0.25) is 0 Å².